The summed E-state index contributed by atoms with van der Waals surface area (Å²) in [4.78, 5) is 27.6. The van der Waals surface area contributed by atoms with Crippen molar-refractivity contribution in [1.29, 1.82) is 0 Å². The summed E-state index contributed by atoms with van der Waals surface area (Å²) in [5.41, 5.74) is 1.11. The van der Waals surface area contributed by atoms with Crippen LogP contribution in [0, 0.1) is 12.7 Å². The fourth-order valence-corrected chi connectivity index (χ4v) is 3.79. The van der Waals surface area contributed by atoms with E-state index in [9.17, 15) is 9.18 Å². The predicted molar refractivity (Wildman–Crippen MR) is 103 cm³/mol. The third kappa shape index (κ3) is 3.72. The van der Waals surface area contributed by atoms with Crippen molar-refractivity contribution in [2.75, 3.05) is 49.1 Å². The van der Waals surface area contributed by atoms with E-state index in [1.807, 2.05) is 24.0 Å². The fourth-order valence-electron chi connectivity index (χ4n) is 3.79. The molecule has 0 radical (unpaired) electrons. The Hall–Kier alpha value is -2.70. The predicted octanol–water partition coefficient (Wildman–Crippen LogP) is 2.49. The average molecular weight is 369 g/mol. The Bertz CT molecular complexity index is 829. The molecular formula is C20H24FN5O. The molecule has 0 spiro atoms. The first kappa shape index (κ1) is 17.7. The lowest BCUT2D eigenvalue weighted by Gasteiger charge is -2.37. The Morgan fingerprint density at radius 1 is 0.963 bits per heavy atom. The molecule has 2 fully saturated rings. The summed E-state index contributed by atoms with van der Waals surface area (Å²) in [6.45, 7) is 6.29. The van der Waals surface area contributed by atoms with E-state index in [0.29, 0.717) is 30.3 Å². The number of hydrogen-bond acceptors (Lipinski definition) is 5. The second kappa shape index (κ2) is 7.50. The minimum absolute atomic E-state index is 0.00996. The maximum atomic E-state index is 14.0. The van der Waals surface area contributed by atoms with Gasteiger partial charge in [-0.05, 0) is 31.9 Å². The Kier molecular flexibility index (Phi) is 4.92. The topological polar surface area (TPSA) is 52.6 Å². The number of hydrogen-bond donors (Lipinski definition) is 0. The Balaban J connectivity index is 1.48. The molecule has 1 amide bonds. The van der Waals surface area contributed by atoms with E-state index < -0.39 is 0 Å². The van der Waals surface area contributed by atoms with Crippen LogP contribution in [0.1, 0.15) is 29.2 Å². The zero-order chi connectivity index (χ0) is 18.8. The molecule has 6 nitrogen and oxygen atoms in total. The van der Waals surface area contributed by atoms with Gasteiger partial charge < -0.3 is 14.7 Å². The molecule has 4 rings (SSSR count). The second-order valence-electron chi connectivity index (χ2n) is 7.08. The van der Waals surface area contributed by atoms with Crippen molar-refractivity contribution in [1.82, 2.24) is 14.9 Å². The Morgan fingerprint density at radius 3 is 2.33 bits per heavy atom. The van der Waals surface area contributed by atoms with Gasteiger partial charge in [-0.3, -0.25) is 4.79 Å². The first-order valence-electron chi connectivity index (χ1n) is 9.51. The van der Waals surface area contributed by atoms with E-state index in [2.05, 4.69) is 19.8 Å². The lowest BCUT2D eigenvalue weighted by Crippen LogP contribution is -2.47. The van der Waals surface area contributed by atoms with Crippen LogP contribution in [0.25, 0.3) is 0 Å². The molecule has 0 N–H and O–H groups in total. The number of amides is 1. The average Bonchev–Trinajstić information content (AvgIpc) is 3.22. The number of anilines is 2. The molecule has 7 heteroatoms. The highest BCUT2D eigenvalue weighted by atomic mass is 19.1. The normalized spacial score (nSPS) is 17.5. The van der Waals surface area contributed by atoms with Gasteiger partial charge in [-0.1, -0.05) is 12.1 Å². The standard InChI is InChI=1S/C20H24FN5O/c1-15-22-17(20(27)26-8-4-5-9-26)14-19(23-15)25-12-10-24(11-13-25)18-7-3-2-6-16(18)21/h2-3,6-7,14H,4-5,8-13H2,1H3. The van der Waals surface area contributed by atoms with Crippen LogP contribution in [0.2, 0.25) is 0 Å². The van der Waals surface area contributed by atoms with Crippen LogP contribution in [-0.4, -0.2) is 60.0 Å². The van der Waals surface area contributed by atoms with Gasteiger partial charge in [0.15, 0.2) is 0 Å². The molecule has 2 aliphatic rings. The number of piperazine rings is 1. The summed E-state index contributed by atoms with van der Waals surface area (Å²) >= 11 is 0. The second-order valence-corrected chi connectivity index (χ2v) is 7.08. The fraction of sp³-hybridized carbons (Fsp3) is 0.450. The molecule has 1 aromatic carbocycles. The summed E-state index contributed by atoms with van der Waals surface area (Å²) in [6.07, 6.45) is 2.11. The van der Waals surface area contributed by atoms with Gasteiger partial charge in [0.1, 0.15) is 23.2 Å². The number of halogens is 1. The molecule has 0 aliphatic carbocycles. The molecule has 2 aromatic rings. The summed E-state index contributed by atoms with van der Waals surface area (Å²) < 4.78 is 14.0. The van der Waals surface area contributed by atoms with Gasteiger partial charge >= 0.3 is 0 Å². The minimum atomic E-state index is -0.192. The lowest BCUT2D eigenvalue weighted by molar-refractivity contribution is 0.0786. The lowest BCUT2D eigenvalue weighted by atomic mass is 10.2. The molecule has 2 aliphatic heterocycles. The number of carbonyl (C=O) groups is 1. The van der Waals surface area contributed by atoms with Crippen LogP contribution in [0.4, 0.5) is 15.9 Å². The quantitative estimate of drug-likeness (QED) is 0.832. The Labute approximate surface area is 158 Å². The van der Waals surface area contributed by atoms with Gasteiger partial charge in [0.25, 0.3) is 5.91 Å². The van der Waals surface area contributed by atoms with Crippen molar-refractivity contribution < 1.29 is 9.18 Å². The third-order valence-electron chi connectivity index (χ3n) is 5.23. The van der Waals surface area contributed by atoms with Gasteiger partial charge in [0, 0.05) is 45.3 Å². The van der Waals surface area contributed by atoms with Gasteiger partial charge in [-0.15, -0.1) is 0 Å². The van der Waals surface area contributed by atoms with Crippen molar-refractivity contribution >= 4 is 17.4 Å². The van der Waals surface area contributed by atoms with E-state index >= 15 is 0 Å². The van der Waals surface area contributed by atoms with Crippen LogP contribution in [0.15, 0.2) is 30.3 Å². The van der Waals surface area contributed by atoms with E-state index in [4.69, 9.17) is 0 Å². The number of likely N-dealkylation sites (tertiary alicyclic amines) is 1. The van der Waals surface area contributed by atoms with E-state index in [0.717, 1.165) is 44.8 Å². The smallest absolute Gasteiger partial charge is 0.272 e. The van der Waals surface area contributed by atoms with E-state index in [1.165, 1.54) is 6.07 Å². The number of nitrogens with zero attached hydrogens (tertiary/aromatic N) is 5. The number of carbonyl (C=O) groups excluding carboxylic acids is 1. The number of para-hydroxylation sites is 1. The minimum Gasteiger partial charge on any atom is -0.366 e. The van der Waals surface area contributed by atoms with Crippen LogP contribution in [0.5, 0.6) is 0 Å². The molecule has 3 heterocycles. The first-order chi connectivity index (χ1) is 13.1. The molecule has 0 unspecified atom stereocenters. The molecule has 1 aromatic heterocycles. The van der Waals surface area contributed by atoms with E-state index in [1.54, 1.807) is 12.1 Å². The molecule has 0 saturated carbocycles. The third-order valence-corrected chi connectivity index (χ3v) is 5.23. The van der Waals surface area contributed by atoms with Crippen molar-refractivity contribution in [3.05, 3.63) is 47.7 Å². The summed E-state index contributed by atoms with van der Waals surface area (Å²) in [5.74, 6) is 1.18. The zero-order valence-electron chi connectivity index (χ0n) is 15.6. The van der Waals surface area contributed by atoms with Crippen molar-refractivity contribution in [2.45, 2.75) is 19.8 Å². The summed E-state index contributed by atoms with van der Waals surface area (Å²) in [7, 11) is 0. The number of benzene rings is 1. The summed E-state index contributed by atoms with van der Waals surface area (Å²) in [6, 6.07) is 8.66. The zero-order valence-corrected chi connectivity index (χ0v) is 15.6. The largest absolute Gasteiger partial charge is 0.366 e. The number of aromatic nitrogens is 2. The van der Waals surface area contributed by atoms with Gasteiger partial charge in [0.2, 0.25) is 0 Å². The van der Waals surface area contributed by atoms with Gasteiger partial charge in [-0.2, -0.15) is 0 Å². The number of aryl methyl sites for hydroxylation is 1. The molecular weight excluding hydrogens is 345 g/mol. The van der Waals surface area contributed by atoms with Crippen molar-refractivity contribution in [2.24, 2.45) is 0 Å². The van der Waals surface area contributed by atoms with Gasteiger partial charge in [0.05, 0.1) is 5.69 Å². The highest BCUT2D eigenvalue weighted by Gasteiger charge is 2.24. The molecule has 27 heavy (non-hydrogen) atoms. The summed E-state index contributed by atoms with van der Waals surface area (Å²) in [5, 5.41) is 0. The highest BCUT2D eigenvalue weighted by Crippen LogP contribution is 2.23. The maximum Gasteiger partial charge on any atom is 0.272 e. The van der Waals surface area contributed by atoms with Crippen LogP contribution >= 0.6 is 0 Å². The molecule has 142 valence electrons. The van der Waals surface area contributed by atoms with Gasteiger partial charge in [-0.25, -0.2) is 14.4 Å². The monoisotopic (exact) mass is 369 g/mol. The van der Waals surface area contributed by atoms with E-state index in [-0.39, 0.29) is 11.7 Å². The molecule has 0 bridgehead atoms. The molecule has 0 atom stereocenters. The van der Waals surface area contributed by atoms with Crippen LogP contribution in [-0.2, 0) is 0 Å². The number of rotatable bonds is 3. The van der Waals surface area contributed by atoms with Crippen LogP contribution < -0.4 is 9.80 Å². The SMILES string of the molecule is Cc1nc(C(=O)N2CCCC2)cc(N2CCN(c3ccccc3F)CC2)n1. The van der Waals surface area contributed by atoms with Crippen molar-refractivity contribution in [3.8, 4) is 0 Å². The first-order valence-corrected chi connectivity index (χ1v) is 9.51. The highest BCUT2D eigenvalue weighted by molar-refractivity contribution is 5.93. The van der Waals surface area contributed by atoms with Crippen molar-refractivity contribution in [3.63, 3.8) is 0 Å². The van der Waals surface area contributed by atoms with Crippen LogP contribution in [0.3, 0.4) is 0 Å². The Morgan fingerprint density at radius 2 is 1.63 bits per heavy atom. The maximum absolute atomic E-state index is 14.0. The molecule has 2 saturated heterocycles.